The van der Waals surface area contributed by atoms with E-state index in [1.807, 2.05) is 19.0 Å². The van der Waals surface area contributed by atoms with Crippen LogP contribution in [0.5, 0.6) is 0 Å². The fourth-order valence-electron chi connectivity index (χ4n) is 4.76. The number of rotatable bonds is 8. The Balaban J connectivity index is 1.94. The van der Waals surface area contributed by atoms with Crippen LogP contribution in [-0.4, -0.2) is 83.9 Å². The third-order valence-corrected chi connectivity index (χ3v) is 6.43. The molecule has 31 heavy (non-hydrogen) atoms. The van der Waals surface area contributed by atoms with E-state index >= 15 is 0 Å². The van der Waals surface area contributed by atoms with Gasteiger partial charge in [0.05, 0.1) is 5.41 Å². The molecule has 2 heterocycles. The Morgan fingerprint density at radius 1 is 1.26 bits per heavy atom. The third kappa shape index (κ3) is 4.80. The molecule has 2 saturated heterocycles. The lowest BCUT2D eigenvalue weighted by Crippen LogP contribution is -2.49. The molecule has 3 rings (SSSR count). The van der Waals surface area contributed by atoms with Crippen molar-refractivity contribution in [2.75, 3.05) is 40.3 Å². The number of aliphatic hydroxyl groups is 1. The van der Waals surface area contributed by atoms with Gasteiger partial charge in [-0.1, -0.05) is 18.2 Å². The lowest BCUT2D eigenvalue weighted by atomic mass is 9.75. The predicted octanol–water partition coefficient (Wildman–Crippen LogP) is 1.54. The molecule has 2 aliphatic rings. The number of carbonyl (C=O) groups excluding carboxylic acids is 3. The summed E-state index contributed by atoms with van der Waals surface area (Å²) in [6.07, 6.45) is 2.62. The summed E-state index contributed by atoms with van der Waals surface area (Å²) in [6.45, 7) is 1.21. The monoisotopic (exact) mass is 433 g/mol. The second kappa shape index (κ2) is 9.87. The van der Waals surface area contributed by atoms with Gasteiger partial charge in [0, 0.05) is 50.7 Å². The number of imide groups is 1. The van der Waals surface area contributed by atoms with E-state index in [0.717, 1.165) is 19.3 Å². The third-order valence-electron chi connectivity index (χ3n) is 6.43. The van der Waals surface area contributed by atoms with Crippen molar-refractivity contribution in [1.29, 1.82) is 0 Å². The summed E-state index contributed by atoms with van der Waals surface area (Å²) >= 11 is 0. The van der Waals surface area contributed by atoms with E-state index in [0.29, 0.717) is 19.5 Å². The van der Waals surface area contributed by atoms with Crippen molar-refractivity contribution in [2.24, 2.45) is 0 Å². The molecule has 0 bridgehead atoms. The highest BCUT2D eigenvalue weighted by molar-refractivity contribution is 6.10. The van der Waals surface area contributed by atoms with Crippen molar-refractivity contribution in [2.45, 2.75) is 50.0 Å². The van der Waals surface area contributed by atoms with Gasteiger partial charge in [-0.15, -0.1) is 0 Å². The number of amides is 3. The van der Waals surface area contributed by atoms with E-state index < -0.39 is 17.1 Å². The largest absolute Gasteiger partial charge is 0.396 e. The van der Waals surface area contributed by atoms with Gasteiger partial charge in [0.15, 0.2) is 0 Å². The normalized spacial score (nSPS) is 24.4. The molecule has 2 fully saturated rings. The molecule has 0 spiro atoms. The van der Waals surface area contributed by atoms with Crippen LogP contribution in [0.4, 0.5) is 4.39 Å². The van der Waals surface area contributed by atoms with E-state index in [9.17, 15) is 23.9 Å². The van der Waals surface area contributed by atoms with Crippen LogP contribution < -0.4 is 0 Å². The summed E-state index contributed by atoms with van der Waals surface area (Å²) in [6, 6.07) is 5.82. The zero-order chi connectivity index (χ0) is 22.6. The Bertz CT molecular complexity index is 829. The van der Waals surface area contributed by atoms with Crippen LogP contribution in [0, 0.1) is 5.82 Å². The van der Waals surface area contributed by atoms with Crippen LogP contribution in [0.15, 0.2) is 24.3 Å². The molecule has 0 saturated carbocycles. The average Bonchev–Trinajstić information content (AvgIpc) is 2.97. The van der Waals surface area contributed by atoms with Gasteiger partial charge >= 0.3 is 0 Å². The maximum absolute atomic E-state index is 14.9. The van der Waals surface area contributed by atoms with Crippen molar-refractivity contribution in [1.82, 2.24) is 14.7 Å². The summed E-state index contributed by atoms with van der Waals surface area (Å²) in [4.78, 5) is 44.5. The highest BCUT2D eigenvalue weighted by Crippen LogP contribution is 2.42. The number of piperidine rings is 1. The Kier molecular flexibility index (Phi) is 7.43. The van der Waals surface area contributed by atoms with Gasteiger partial charge in [-0.2, -0.15) is 0 Å². The Hall–Kier alpha value is -2.32. The molecule has 8 heteroatoms. The lowest BCUT2D eigenvalue weighted by molar-refractivity contribution is -0.144. The molecule has 2 atom stereocenters. The Morgan fingerprint density at radius 2 is 2.00 bits per heavy atom. The van der Waals surface area contributed by atoms with Gasteiger partial charge in [0.2, 0.25) is 17.7 Å². The van der Waals surface area contributed by atoms with E-state index in [-0.39, 0.29) is 49.4 Å². The molecule has 1 N–H and O–H groups in total. The number of benzene rings is 1. The number of carbonyl (C=O) groups is 3. The fraction of sp³-hybridized carbons (Fsp3) is 0.609. The number of likely N-dealkylation sites (tertiary alicyclic amines) is 2. The van der Waals surface area contributed by atoms with Gasteiger partial charge in [-0.3, -0.25) is 19.3 Å². The number of nitrogens with zero attached hydrogens (tertiary/aromatic N) is 3. The summed E-state index contributed by atoms with van der Waals surface area (Å²) in [5.41, 5.74) is -1.43. The minimum absolute atomic E-state index is 0.0252. The molecule has 0 aromatic heterocycles. The molecule has 1 aromatic rings. The van der Waals surface area contributed by atoms with Crippen molar-refractivity contribution < 1.29 is 23.9 Å². The Labute approximate surface area is 182 Å². The number of hydrogen-bond donors (Lipinski definition) is 1. The molecule has 1 aromatic carbocycles. The second-order valence-electron chi connectivity index (χ2n) is 8.82. The van der Waals surface area contributed by atoms with Crippen LogP contribution >= 0.6 is 0 Å². The van der Waals surface area contributed by atoms with E-state index in [1.165, 1.54) is 23.1 Å². The fourth-order valence-corrected chi connectivity index (χ4v) is 4.76. The minimum Gasteiger partial charge on any atom is -0.396 e. The lowest BCUT2D eigenvalue weighted by Gasteiger charge is -2.38. The highest BCUT2D eigenvalue weighted by atomic mass is 19.1. The van der Waals surface area contributed by atoms with Crippen molar-refractivity contribution in [3.8, 4) is 0 Å². The second-order valence-corrected chi connectivity index (χ2v) is 8.82. The molecule has 170 valence electrons. The molecular formula is C23H32FN3O4. The first-order chi connectivity index (χ1) is 14.8. The van der Waals surface area contributed by atoms with Crippen molar-refractivity contribution in [3.05, 3.63) is 35.6 Å². The van der Waals surface area contributed by atoms with Crippen LogP contribution in [-0.2, 0) is 19.8 Å². The van der Waals surface area contributed by atoms with Gasteiger partial charge in [-0.25, -0.2) is 4.39 Å². The molecular weight excluding hydrogens is 401 g/mol. The number of halogens is 1. The Morgan fingerprint density at radius 3 is 2.68 bits per heavy atom. The van der Waals surface area contributed by atoms with Gasteiger partial charge in [-0.05, 0) is 45.8 Å². The predicted molar refractivity (Wildman–Crippen MR) is 114 cm³/mol. The number of aliphatic hydroxyl groups excluding tert-OH is 1. The topological polar surface area (TPSA) is 81.2 Å². The maximum Gasteiger partial charge on any atom is 0.241 e. The van der Waals surface area contributed by atoms with E-state index in [4.69, 9.17) is 0 Å². The quantitative estimate of drug-likeness (QED) is 0.629. The SMILES string of the molecule is CN(C)CCN1C(=O)C[C@](CC(=O)N2CCCC[C@@H]2CCO)(c2ccccc2F)C1=O. The molecule has 2 aliphatic heterocycles. The summed E-state index contributed by atoms with van der Waals surface area (Å²) in [5, 5.41) is 9.39. The molecule has 0 unspecified atom stereocenters. The summed E-state index contributed by atoms with van der Waals surface area (Å²) in [7, 11) is 3.69. The van der Waals surface area contributed by atoms with Gasteiger partial charge in [0.25, 0.3) is 0 Å². The van der Waals surface area contributed by atoms with Crippen molar-refractivity contribution in [3.63, 3.8) is 0 Å². The summed E-state index contributed by atoms with van der Waals surface area (Å²) < 4.78 is 14.9. The first kappa shape index (κ1) is 23.3. The summed E-state index contributed by atoms with van der Waals surface area (Å²) in [5.74, 6) is -1.74. The standard InChI is InChI=1S/C23H32FN3O4/c1-25(2)12-13-27-21(30)16-23(22(27)31,18-8-3-4-9-19(18)24)15-20(29)26-11-6-5-7-17(26)10-14-28/h3-4,8-9,17,28H,5-7,10-16H2,1-2H3/t17-,23-/m1/s1. The molecule has 7 nitrogen and oxygen atoms in total. The van der Waals surface area contributed by atoms with Crippen LogP contribution in [0.2, 0.25) is 0 Å². The smallest absolute Gasteiger partial charge is 0.241 e. The van der Waals surface area contributed by atoms with E-state index in [1.54, 1.807) is 11.0 Å². The first-order valence-electron chi connectivity index (χ1n) is 10.9. The first-order valence-corrected chi connectivity index (χ1v) is 10.9. The molecule has 0 radical (unpaired) electrons. The zero-order valence-electron chi connectivity index (χ0n) is 18.3. The highest BCUT2D eigenvalue weighted by Gasteiger charge is 2.55. The van der Waals surface area contributed by atoms with Crippen LogP contribution in [0.3, 0.4) is 0 Å². The van der Waals surface area contributed by atoms with Crippen LogP contribution in [0.25, 0.3) is 0 Å². The number of hydrogen-bond acceptors (Lipinski definition) is 5. The minimum atomic E-state index is -1.53. The van der Waals surface area contributed by atoms with Crippen molar-refractivity contribution >= 4 is 17.7 Å². The van der Waals surface area contributed by atoms with Gasteiger partial charge in [0.1, 0.15) is 5.82 Å². The van der Waals surface area contributed by atoms with Gasteiger partial charge < -0.3 is 14.9 Å². The molecule has 3 amide bonds. The maximum atomic E-state index is 14.9. The average molecular weight is 434 g/mol. The number of likely N-dealkylation sites (N-methyl/N-ethyl adjacent to an activating group) is 1. The zero-order valence-corrected chi connectivity index (χ0v) is 18.3. The molecule has 0 aliphatic carbocycles. The van der Waals surface area contributed by atoms with Crippen LogP contribution in [0.1, 0.15) is 44.1 Å². The van der Waals surface area contributed by atoms with E-state index in [2.05, 4.69) is 0 Å².